The van der Waals surface area contributed by atoms with Crippen LogP contribution in [0.5, 0.6) is 5.75 Å². The van der Waals surface area contributed by atoms with Gasteiger partial charge in [0.25, 0.3) is 5.91 Å². The molecule has 1 heterocycles. The number of carbonyl (C=O) groups is 3. The fraction of sp³-hybridized carbons (Fsp3) is 0.381. The zero-order valence-electron chi connectivity index (χ0n) is 17.2. The van der Waals surface area contributed by atoms with E-state index in [9.17, 15) is 14.4 Å². The molecule has 0 aliphatic carbocycles. The van der Waals surface area contributed by atoms with E-state index in [0.717, 1.165) is 11.3 Å². The number of hydrogen-bond acceptors (Lipinski definition) is 7. The second-order valence-corrected chi connectivity index (χ2v) is 7.60. The quantitative estimate of drug-likeness (QED) is 0.645. The number of thiophene rings is 1. The van der Waals surface area contributed by atoms with Gasteiger partial charge in [0.15, 0.2) is 5.60 Å². The van der Waals surface area contributed by atoms with E-state index in [2.05, 4.69) is 5.32 Å². The summed E-state index contributed by atoms with van der Waals surface area (Å²) < 4.78 is 15.9. The predicted octanol–water partition coefficient (Wildman–Crippen LogP) is 4.21. The smallest absolute Gasteiger partial charge is 0.348 e. The lowest BCUT2D eigenvalue weighted by Gasteiger charge is -2.25. The van der Waals surface area contributed by atoms with Crippen molar-refractivity contribution in [2.45, 2.75) is 40.2 Å². The summed E-state index contributed by atoms with van der Waals surface area (Å²) in [6.07, 6.45) is 0. The van der Waals surface area contributed by atoms with E-state index < -0.39 is 23.4 Å². The zero-order chi connectivity index (χ0) is 21.6. The predicted molar refractivity (Wildman–Crippen MR) is 111 cm³/mol. The van der Waals surface area contributed by atoms with Crippen LogP contribution in [0.2, 0.25) is 0 Å². The average Bonchev–Trinajstić information content (AvgIpc) is 2.98. The first kappa shape index (κ1) is 22.4. The maximum Gasteiger partial charge on any atom is 0.348 e. The van der Waals surface area contributed by atoms with Gasteiger partial charge in [-0.15, -0.1) is 11.3 Å². The van der Waals surface area contributed by atoms with Crippen LogP contribution in [0.1, 0.15) is 53.3 Å². The molecule has 1 aromatic carbocycles. The molecule has 0 atom stereocenters. The first-order chi connectivity index (χ1) is 13.7. The van der Waals surface area contributed by atoms with E-state index >= 15 is 0 Å². The monoisotopic (exact) mass is 419 g/mol. The number of hydrogen-bond donors (Lipinski definition) is 1. The number of nitrogens with one attached hydrogen (secondary N) is 1. The van der Waals surface area contributed by atoms with Crippen molar-refractivity contribution in [1.29, 1.82) is 0 Å². The molecule has 0 spiro atoms. The Morgan fingerprint density at radius 3 is 2.17 bits per heavy atom. The first-order valence-corrected chi connectivity index (χ1v) is 10.1. The van der Waals surface area contributed by atoms with Gasteiger partial charge in [0.05, 0.1) is 18.8 Å². The van der Waals surface area contributed by atoms with Gasteiger partial charge in [-0.25, -0.2) is 9.59 Å². The van der Waals surface area contributed by atoms with Crippen LogP contribution < -0.4 is 10.1 Å². The molecule has 8 heteroatoms. The average molecular weight is 419 g/mol. The zero-order valence-corrected chi connectivity index (χ0v) is 18.0. The second-order valence-electron chi connectivity index (χ2n) is 6.58. The van der Waals surface area contributed by atoms with Crippen LogP contribution >= 0.6 is 11.3 Å². The molecular formula is C21H25NO6S. The van der Waals surface area contributed by atoms with Crippen molar-refractivity contribution in [2.75, 3.05) is 18.5 Å². The third-order valence-electron chi connectivity index (χ3n) is 3.98. The molecule has 0 fully saturated rings. The number of para-hydroxylation sites is 1. The largest absolute Gasteiger partial charge is 0.478 e. The molecule has 156 valence electrons. The van der Waals surface area contributed by atoms with Gasteiger partial charge in [0.2, 0.25) is 0 Å². The highest BCUT2D eigenvalue weighted by Gasteiger charge is 2.33. The van der Waals surface area contributed by atoms with E-state index in [0.29, 0.717) is 11.3 Å². The van der Waals surface area contributed by atoms with Gasteiger partial charge in [-0.2, -0.15) is 0 Å². The lowest BCUT2D eigenvalue weighted by Crippen LogP contribution is -2.42. The van der Waals surface area contributed by atoms with E-state index in [-0.39, 0.29) is 28.7 Å². The minimum Gasteiger partial charge on any atom is -0.478 e. The molecule has 1 amide bonds. The van der Waals surface area contributed by atoms with Crippen LogP contribution in [-0.4, -0.2) is 36.7 Å². The summed E-state index contributed by atoms with van der Waals surface area (Å²) in [7, 11) is 0. The first-order valence-electron chi connectivity index (χ1n) is 9.24. The maximum atomic E-state index is 12.9. The Morgan fingerprint density at radius 1 is 1.00 bits per heavy atom. The highest BCUT2D eigenvalue weighted by atomic mass is 32.1. The molecule has 0 aliphatic rings. The van der Waals surface area contributed by atoms with Crippen LogP contribution in [0.15, 0.2) is 30.3 Å². The highest BCUT2D eigenvalue weighted by molar-refractivity contribution is 7.18. The number of amides is 1. The molecule has 2 aromatic rings. The molecule has 29 heavy (non-hydrogen) atoms. The van der Waals surface area contributed by atoms with Crippen molar-refractivity contribution in [2.24, 2.45) is 0 Å². The maximum absolute atomic E-state index is 12.9. The Balaban J connectivity index is 2.34. The number of benzene rings is 1. The Kier molecular flexibility index (Phi) is 7.39. The molecule has 0 unspecified atom stereocenters. The molecule has 7 nitrogen and oxygen atoms in total. The number of rotatable bonds is 8. The molecular weight excluding hydrogens is 394 g/mol. The van der Waals surface area contributed by atoms with Gasteiger partial charge < -0.3 is 19.5 Å². The van der Waals surface area contributed by atoms with Gasteiger partial charge in [-0.1, -0.05) is 18.2 Å². The van der Waals surface area contributed by atoms with Gasteiger partial charge in [-0.05, 0) is 52.3 Å². The molecule has 0 saturated carbocycles. The minimum absolute atomic E-state index is 0.142. The summed E-state index contributed by atoms with van der Waals surface area (Å²) in [4.78, 5) is 37.8. The van der Waals surface area contributed by atoms with E-state index in [4.69, 9.17) is 14.2 Å². The standard InChI is InChI=1S/C21H25NO6S/c1-6-26-18(23)15-13(3)16(19(24)27-7-2)29-17(15)22-20(25)21(4,5)28-14-11-9-8-10-12-14/h8-12H,6-7H2,1-5H3,(H,22,25). The van der Waals surface area contributed by atoms with Crippen molar-refractivity contribution in [3.8, 4) is 5.75 Å². The number of esters is 2. The summed E-state index contributed by atoms with van der Waals surface area (Å²) in [6.45, 7) is 8.60. The lowest BCUT2D eigenvalue weighted by molar-refractivity contribution is -0.128. The number of anilines is 1. The Bertz CT molecular complexity index is 888. The minimum atomic E-state index is -1.23. The highest BCUT2D eigenvalue weighted by Crippen LogP contribution is 2.35. The second kappa shape index (κ2) is 9.56. The summed E-state index contributed by atoms with van der Waals surface area (Å²) in [5.41, 5.74) is -0.678. The molecule has 2 rings (SSSR count). The van der Waals surface area contributed by atoms with Gasteiger partial charge >= 0.3 is 11.9 Å². The molecule has 0 saturated heterocycles. The summed E-state index contributed by atoms with van der Waals surface area (Å²) >= 11 is 0.976. The summed E-state index contributed by atoms with van der Waals surface area (Å²) in [5.74, 6) is -1.11. The van der Waals surface area contributed by atoms with Crippen LogP contribution in [0.3, 0.4) is 0 Å². The third kappa shape index (κ3) is 5.35. The number of carbonyl (C=O) groups excluding carboxylic acids is 3. The topological polar surface area (TPSA) is 90.9 Å². The van der Waals surface area contributed by atoms with Crippen molar-refractivity contribution in [3.05, 3.63) is 46.3 Å². The fourth-order valence-corrected chi connectivity index (χ4v) is 3.61. The van der Waals surface area contributed by atoms with E-state index in [1.807, 2.05) is 6.07 Å². The molecule has 0 bridgehead atoms. The van der Waals surface area contributed by atoms with Crippen LogP contribution in [0.25, 0.3) is 0 Å². The number of ether oxygens (including phenoxy) is 3. The Hall–Kier alpha value is -2.87. The van der Waals surface area contributed by atoms with Crippen molar-refractivity contribution in [1.82, 2.24) is 0 Å². The fourth-order valence-electron chi connectivity index (χ4n) is 2.53. The van der Waals surface area contributed by atoms with Gasteiger partial charge in [-0.3, -0.25) is 4.79 Å². The normalized spacial score (nSPS) is 10.9. The lowest BCUT2D eigenvalue weighted by atomic mass is 10.1. The molecule has 0 radical (unpaired) electrons. The van der Waals surface area contributed by atoms with Crippen molar-refractivity contribution < 1.29 is 28.6 Å². The molecule has 1 aromatic heterocycles. The molecule has 1 N–H and O–H groups in total. The van der Waals surface area contributed by atoms with Crippen LogP contribution in [0.4, 0.5) is 5.00 Å². The Labute approximate surface area is 174 Å². The summed E-state index contributed by atoms with van der Waals surface area (Å²) in [6, 6.07) is 8.93. The van der Waals surface area contributed by atoms with E-state index in [1.54, 1.807) is 58.9 Å². The van der Waals surface area contributed by atoms with Crippen LogP contribution in [-0.2, 0) is 14.3 Å². The van der Waals surface area contributed by atoms with Gasteiger partial charge in [0.1, 0.15) is 15.6 Å². The van der Waals surface area contributed by atoms with Crippen molar-refractivity contribution >= 4 is 34.2 Å². The third-order valence-corrected chi connectivity index (χ3v) is 5.16. The molecule has 0 aliphatic heterocycles. The summed E-state index contributed by atoms with van der Waals surface area (Å²) in [5, 5.41) is 2.94. The van der Waals surface area contributed by atoms with Gasteiger partial charge in [0, 0.05) is 0 Å². The van der Waals surface area contributed by atoms with Crippen molar-refractivity contribution in [3.63, 3.8) is 0 Å². The van der Waals surface area contributed by atoms with Crippen LogP contribution in [0, 0.1) is 6.92 Å². The SMILES string of the molecule is CCOC(=O)c1sc(NC(=O)C(C)(C)Oc2ccccc2)c(C(=O)OCC)c1C. The Morgan fingerprint density at radius 2 is 1.59 bits per heavy atom. The van der Waals surface area contributed by atoms with E-state index in [1.165, 1.54) is 0 Å².